The van der Waals surface area contributed by atoms with Gasteiger partial charge in [-0.15, -0.1) is 6.58 Å². The summed E-state index contributed by atoms with van der Waals surface area (Å²) in [5, 5.41) is 0. The van der Waals surface area contributed by atoms with Gasteiger partial charge >= 0.3 is 0 Å². The summed E-state index contributed by atoms with van der Waals surface area (Å²) in [6.45, 7) is 5.89. The van der Waals surface area contributed by atoms with Gasteiger partial charge < -0.3 is 0 Å². The number of hydrogen-bond acceptors (Lipinski definition) is 0. The van der Waals surface area contributed by atoms with Crippen molar-refractivity contribution in [3.63, 3.8) is 0 Å². The van der Waals surface area contributed by atoms with E-state index in [1.54, 1.807) is 0 Å². The Morgan fingerprint density at radius 3 is 1.91 bits per heavy atom. The molecule has 0 atom stereocenters. The summed E-state index contributed by atoms with van der Waals surface area (Å²) < 4.78 is 0. The maximum atomic E-state index is 3.66. The van der Waals surface area contributed by atoms with E-state index in [0.717, 1.165) is 0 Å². The number of allylic oxidation sites excluding steroid dienone is 1. The predicted molar refractivity (Wildman–Crippen MR) is 56.2 cm³/mol. The third-order valence-corrected chi connectivity index (χ3v) is 1.26. The Hall–Kier alpha value is 1.53. The van der Waals surface area contributed by atoms with Crippen LogP contribution in [0, 0.1) is 0 Å². The first-order valence-corrected chi connectivity index (χ1v) is 3.52. The molecule has 0 nitrogen and oxygen atoms in total. The van der Waals surface area contributed by atoms with Crippen LogP contribution in [0.5, 0.6) is 0 Å². The molecule has 0 unspecified atom stereocenters. The first kappa shape index (κ1) is 22.9. The van der Waals surface area contributed by atoms with Gasteiger partial charge in [0.05, 0.1) is 0 Å². The number of unbranched alkanes of at least 4 members (excludes halogenated alkanes) is 4. The van der Waals surface area contributed by atoms with Crippen LogP contribution in [0.15, 0.2) is 12.7 Å². The summed E-state index contributed by atoms with van der Waals surface area (Å²) in [4.78, 5) is 0. The van der Waals surface area contributed by atoms with E-state index in [0.29, 0.717) is 0 Å². The molecule has 51 valence electrons. The zero-order valence-electron chi connectivity index (χ0n) is 8.82. The summed E-state index contributed by atoms with van der Waals surface area (Å²) in [5.41, 5.74) is 0. The molecule has 0 aromatic heterocycles. The fourth-order valence-corrected chi connectivity index (χ4v) is 0.715. The van der Waals surface area contributed by atoms with Gasteiger partial charge in [-0.1, -0.05) is 32.3 Å². The SMILES string of the molecule is C=CCCCCCC.[Li].[Li].[Li]. The molecule has 0 heterocycles. The minimum absolute atomic E-state index is 0. The summed E-state index contributed by atoms with van der Waals surface area (Å²) in [5.74, 6) is 0. The summed E-state index contributed by atoms with van der Waals surface area (Å²) >= 11 is 0. The van der Waals surface area contributed by atoms with Gasteiger partial charge in [-0.25, -0.2) is 0 Å². The zero-order chi connectivity index (χ0) is 6.24. The van der Waals surface area contributed by atoms with Crippen molar-refractivity contribution in [2.24, 2.45) is 0 Å². The van der Waals surface area contributed by atoms with E-state index in [1.807, 2.05) is 6.08 Å². The molecule has 0 bridgehead atoms. The van der Waals surface area contributed by atoms with Crippen LogP contribution >= 0.6 is 0 Å². The fourth-order valence-electron chi connectivity index (χ4n) is 0.715. The molecule has 3 radical (unpaired) electrons. The molecular formula is C8H16Li3. The van der Waals surface area contributed by atoms with Gasteiger partial charge in [-0.05, 0) is 12.8 Å². The molecule has 3 heteroatoms. The van der Waals surface area contributed by atoms with E-state index < -0.39 is 0 Å². The molecule has 0 saturated carbocycles. The van der Waals surface area contributed by atoms with Gasteiger partial charge in [0.25, 0.3) is 0 Å². The average molecular weight is 133 g/mol. The van der Waals surface area contributed by atoms with E-state index in [1.165, 1.54) is 32.1 Å². The Bertz CT molecular complexity index is 55.3. The summed E-state index contributed by atoms with van der Waals surface area (Å²) in [6, 6.07) is 0. The van der Waals surface area contributed by atoms with Gasteiger partial charge in [0.15, 0.2) is 0 Å². The first-order chi connectivity index (χ1) is 3.91. The average Bonchev–Trinajstić information content (AvgIpc) is 1.81. The maximum Gasteiger partial charge on any atom is 0 e. The van der Waals surface area contributed by atoms with Crippen LogP contribution < -0.4 is 0 Å². The van der Waals surface area contributed by atoms with E-state index in [-0.39, 0.29) is 56.6 Å². The van der Waals surface area contributed by atoms with Crippen molar-refractivity contribution >= 4 is 56.6 Å². The van der Waals surface area contributed by atoms with Gasteiger partial charge in [-0.2, -0.15) is 0 Å². The zero-order valence-corrected chi connectivity index (χ0v) is 8.82. The van der Waals surface area contributed by atoms with Crippen molar-refractivity contribution < 1.29 is 0 Å². The first-order valence-electron chi connectivity index (χ1n) is 3.52. The maximum absolute atomic E-state index is 3.66. The van der Waals surface area contributed by atoms with Crippen LogP contribution in [0.2, 0.25) is 0 Å². The standard InChI is InChI=1S/C8H16.3Li/c1-3-5-7-8-6-4-2;;;/h3H,1,4-8H2,2H3;;;. The topological polar surface area (TPSA) is 0 Å². The van der Waals surface area contributed by atoms with Gasteiger partial charge in [-0.3, -0.25) is 0 Å². The Balaban J connectivity index is -0.0000000817. The van der Waals surface area contributed by atoms with Crippen LogP contribution in [0.4, 0.5) is 0 Å². The third kappa shape index (κ3) is 24.6. The van der Waals surface area contributed by atoms with Crippen molar-refractivity contribution in [3.05, 3.63) is 12.7 Å². The second-order valence-electron chi connectivity index (χ2n) is 2.14. The quantitative estimate of drug-likeness (QED) is 0.305. The number of rotatable bonds is 5. The largest absolute Gasteiger partial charge is 0.103 e. The van der Waals surface area contributed by atoms with Crippen LogP contribution in [0.1, 0.15) is 39.0 Å². The molecule has 0 rings (SSSR count). The predicted octanol–water partition coefficient (Wildman–Crippen LogP) is 2.00. The monoisotopic (exact) mass is 133 g/mol. The second kappa shape index (κ2) is 22.5. The third-order valence-electron chi connectivity index (χ3n) is 1.26. The number of hydrogen-bond donors (Lipinski definition) is 0. The molecule has 0 N–H and O–H groups in total. The van der Waals surface area contributed by atoms with Gasteiger partial charge in [0.2, 0.25) is 0 Å². The van der Waals surface area contributed by atoms with E-state index in [9.17, 15) is 0 Å². The van der Waals surface area contributed by atoms with E-state index in [4.69, 9.17) is 0 Å². The normalized spacial score (nSPS) is 6.64. The Labute approximate surface area is 107 Å². The van der Waals surface area contributed by atoms with E-state index >= 15 is 0 Å². The van der Waals surface area contributed by atoms with Crippen LogP contribution in [-0.2, 0) is 0 Å². The second-order valence-corrected chi connectivity index (χ2v) is 2.14. The molecule has 0 fully saturated rings. The Morgan fingerprint density at radius 2 is 1.55 bits per heavy atom. The fraction of sp³-hybridized carbons (Fsp3) is 0.750. The molecule has 0 aliphatic rings. The van der Waals surface area contributed by atoms with Gasteiger partial charge in [0, 0.05) is 56.6 Å². The molecule has 0 aromatic carbocycles. The van der Waals surface area contributed by atoms with Crippen LogP contribution in [-0.4, -0.2) is 56.6 Å². The molecule has 0 aliphatic carbocycles. The summed E-state index contributed by atoms with van der Waals surface area (Å²) in [6.07, 6.45) is 8.61. The van der Waals surface area contributed by atoms with Crippen molar-refractivity contribution in [2.45, 2.75) is 39.0 Å². The molecule has 0 saturated heterocycles. The molecule has 0 aromatic rings. The van der Waals surface area contributed by atoms with Crippen LogP contribution in [0.3, 0.4) is 0 Å². The van der Waals surface area contributed by atoms with Crippen molar-refractivity contribution in [1.82, 2.24) is 0 Å². The van der Waals surface area contributed by atoms with E-state index in [2.05, 4.69) is 13.5 Å². The minimum atomic E-state index is 0. The Morgan fingerprint density at radius 1 is 1.00 bits per heavy atom. The smallest absolute Gasteiger partial charge is 0 e. The molecular weight excluding hydrogens is 117 g/mol. The minimum Gasteiger partial charge on any atom is -0.103 e. The van der Waals surface area contributed by atoms with Crippen molar-refractivity contribution in [2.75, 3.05) is 0 Å². The molecule has 0 spiro atoms. The summed E-state index contributed by atoms with van der Waals surface area (Å²) in [7, 11) is 0. The molecule has 0 amide bonds. The van der Waals surface area contributed by atoms with Gasteiger partial charge in [0.1, 0.15) is 0 Å². The molecule has 0 aliphatic heterocycles. The molecule has 11 heavy (non-hydrogen) atoms. The van der Waals surface area contributed by atoms with Crippen LogP contribution in [0.25, 0.3) is 0 Å². The van der Waals surface area contributed by atoms with Crippen molar-refractivity contribution in [3.8, 4) is 0 Å². The Kier molecular flexibility index (Phi) is 46.9. The van der Waals surface area contributed by atoms with Crippen molar-refractivity contribution in [1.29, 1.82) is 0 Å².